The number of Topliss-reactive ketones (excluding diaryl/α,β-unsaturated/α-hetero) is 1. The highest BCUT2D eigenvalue weighted by molar-refractivity contribution is 5.90. The van der Waals surface area contributed by atoms with E-state index in [0.29, 0.717) is 0 Å². The van der Waals surface area contributed by atoms with Crippen molar-refractivity contribution in [2.24, 2.45) is 29.1 Å². The van der Waals surface area contributed by atoms with E-state index in [-0.39, 0.29) is 17.6 Å². The molecular formula is C39H50O15. The highest BCUT2D eigenvalue weighted by Gasteiger charge is 2.77. The zero-order valence-corrected chi connectivity index (χ0v) is 32.2. The smallest absolute Gasteiger partial charge is 0.338 e. The van der Waals surface area contributed by atoms with Crippen molar-refractivity contribution in [3.8, 4) is 0 Å². The van der Waals surface area contributed by atoms with Crippen molar-refractivity contribution in [2.45, 2.75) is 124 Å². The minimum absolute atomic E-state index is 0.0340. The van der Waals surface area contributed by atoms with Crippen LogP contribution in [0.25, 0.3) is 0 Å². The molecule has 2 bridgehead atoms. The Labute approximate surface area is 313 Å². The van der Waals surface area contributed by atoms with Crippen LogP contribution in [0.3, 0.4) is 0 Å². The molecule has 2 aliphatic heterocycles. The van der Waals surface area contributed by atoms with Gasteiger partial charge in [0, 0.05) is 46.0 Å². The fraction of sp³-hybridized carbons (Fsp3) is 0.615. The van der Waals surface area contributed by atoms with Gasteiger partial charge in [0.15, 0.2) is 29.7 Å². The molecule has 0 spiro atoms. The molecule has 1 aliphatic carbocycles. The van der Waals surface area contributed by atoms with Crippen LogP contribution < -0.4 is 0 Å². The maximum atomic E-state index is 14.5. The first-order valence-electron chi connectivity index (χ1n) is 17.8. The number of carbonyl (C=O) groups is 7. The van der Waals surface area contributed by atoms with Crippen LogP contribution in [-0.2, 0) is 61.9 Å². The van der Waals surface area contributed by atoms with Crippen molar-refractivity contribution in [3.05, 3.63) is 48.0 Å². The predicted octanol–water partition coefficient (Wildman–Crippen LogP) is 3.42. The van der Waals surface area contributed by atoms with Crippen LogP contribution in [0.1, 0.15) is 86.0 Å². The lowest BCUT2D eigenvalue weighted by Crippen LogP contribution is -2.67. The summed E-state index contributed by atoms with van der Waals surface area (Å²) in [6.45, 7) is 17.2. The van der Waals surface area contributed by atoms with Gasteiger partial charge in [-0.2, -0.15) is 0 Å². The molecule has 12 atom stereocenters. The molecule has 2 heterocycles. The molecule has 3 fully saturated rings. The Balaban J connectivity index is 2.17. The molecular weight excluding hydrogens is 708 g/mol. The number of aliphatic hydroxyl groups is 1. The summed E-state index contributed by atoms with van der Waals surface area (Å²) in [4.78, 5) is 92.9. The van der Waals surface area contributed by atoms with E-state index in [4.69, 9.17) is 33.2 Å². The summed E-state index contributed by atoms with van der Waals surface area (Å²) < 4.78 is 42.2. The lowest BCUT2D eigenvalue weighted by Gasteiger charge is -2.51. The predicted molar refractivity (Wildman–Crippen MR) is 186 cm³/mol. The van der Waals surface area contributed by atoms with E-state index in [1.54, 1.807) is 25.1 Å². The molecule has 15 heteroatoms. The molecule has 1 saturated carbocycles. The summed E-state index contributed by atoms with van der Waals surface area (Å²) in [5.74, 6) is -13.5. The van der Waals surface area contributed by atoms with Gasteiger partial charge < -0.3 is 38.3 Å². The van der Waals surface area contributed by atoms with Crippen LogP contribution in [0.4, 0.5) is 0 Å². The van der Waals surface area contributed by atoms with Crippen molar-refractivity contribution in [1.82, 2.24) is 0 Å². The van der Waals surface area contributed by atoms with Gasteiger partial charge in [0.1, 0.15) is 18.3 Å². The molecule has 1 aromatic carbocycles. The highest BCUT2D eigenvalue weighted by Crippen LogP contribution is 2.60. The molecule has 0 amide bonds. The van der Waals surface area contributed by atoms with Gasteiger partial charge in [-0.05, 0) is 30.0 Å². The van der Waals surface area contributed by atoms with Gasteiger partial charge >= 0.3 is 35.8 Å². The molecule has 296 valence electrons. The second-order valence-electron chi connectivity index (χ2n) is 15.1. The monoisotopic (exact) mass is 758 g/mol. The summed E-state index contributed by atoms with van der Waals surface area (Å²) >= 11 is 0. The number of ketones is 1. The average Bonchev–Trinajstić information content (AvgIpc) is 3.48. The van der Waals surface area contributed by atoms with E-state index >= 15 is 0 Å². The number of fused-ring (bicyclic) bond motifs is 4. The Bertz CT molecular complexity index is 1690. The zero-order chi connectivity index (χ0) is 40.7. The Hall–Kier alpha value is -4.63. The minimum Gasteiger partial charge on any atom is -0.462 e. The first kappa shape index (κ1) is 42.1. The van der Waals surface area contributed by atoms with Crippen LogP contribution in [0, 0.1) is 29.1 Å². The molecule has 4 rings (SSSR count). The Morgan fingerprint density at radius 1 is 0.759 bits per heavy atom. The number of hydrogen-bond acceptors (Lipinski definition) is 15. The second kappa shape index (κ2) is 15.6. The SMILES string of the molecule is C=C1[C@H](C)[C@@H](OC(=O)c2ccccc2)C2[C@@H](OC(C)=O)[C@@H](C)C[C@]2(OC(C)=O)[C@@]2(O)O[C@@H](C(=O)[C@H]2C)C(C)(C)[C@H](OC(C)=O)[C@H](OC(C)=O)[C@H]1OC(C)=O. The van der Waals surface area contributed by atoms with Crippen LogP contribution in [0.2, 0.25) is 0 Å². The molecule has 2 saturated heterocycles. The van der Waals surface area contributed by atoms with Crippen molar-refractivity contribution in [2.75, 3.05) is 0 Å². The molecule has 54 heavy (non-hydrogen) atoms. The fourth-order valence-corrected chi connectivity index (χ4v) is 8.45. The van der Waals surface area contributed by atoms with Crippen LogP contribution >= 0.6 is 0 Å². The van der Waals surface area contributed by atoms with Crippen molar-refractivity contribution < 1.29 is 71.8 Å². The molecule has 15 nitrogen and oxygen atoms in total. The van der Waals surface area contributed by atoms with Gasteiger partial charge in [-0.1, -0.05) is 59.4 Å². The van der Waals surface area contributed by atoms with Gasteiger partial charge in [0.25, 0.3) is 0 Å². The lowest BCUT2D eigenvalue weighted by molar-refractivity contribution is -0.337. The van der Waals surface area contributed by atoms with Crippen molar-refractivity contribution in [3.63, 3.8) is 0 Å². The summed E-state index contributed by atoms with van der Waals surface area (Å²) in [7, 11) is 0. The van der Waals surface area contributed by atoms with Gasteiger partial charge in [-0.15, -0.1) is 0 Å². The van der Waals surface area contributed by atoms with E-state index in [1.807, 2.05) is 0 Å². The van der Waals surface area contributed by atoms with Crippen LogP contribution in [-0.4, -0.2) is 94.7 Å². The maximum Gasteiger partial charge on any atom is 0.338 e. The Morgan fingerprint density at radius 3 is 1.81 bits per heavy atom. The van der Waals surface area contributed by atoms with E-state index < -0.39 is 119 Å². The Kier molecular flexibility index (Phi) is 12.2. The fourth-order valence-electron chi connectivity index (χ4n) is 8.45. The van der Waals surface area contributed by atoms with Crippen molar-refractivity contribution in [1.29, 1.82) is 0 Å². The molecule has 1 unspecified atom stereocenters. The van der Waals surface area contributed by atoms with Gasteiger partial charge in [-0.25, -0.2) is 4.79 Å². The molecule has 1 N–H and O–H groups in total. The topological polar surface area (TPSA) is 204 Å². The molecule has 3 aliphatic rings. The normalized spacial score (nSPS) is 36.0. The first-order valence-corrected chi connectivity index (χ1v) is 17.8. The lowest BCUT2D eigenvalue weighted by atomic mass is 9.70. The van der Waals surface area contributed by atoms with Crippen LogP contribution in [0.15, 0.2) is 42.5 Å². The third-order valence-corrected chi connectivity index (χ3v) is 10.8. The largest absolute Gasteiger partial charge is 0.462 e. The number of esters is 6. The highest BCUT2D eigenvalue weighted by atomic mass is 16.7. The molecule has 0 radical (unpaired) electrons. The van der Waals surface area contributed by atoms with E-state index in [1.165, 1.54) is 39.8 Å². The molecule has 0 aromatic heterocycles. The van der Waals surface area contributed by atoms with E-state index in [0.717, 1.165) is 34.6 Å². The number of ether oxygens (including phenoxy) is 7. The summed E-state index contributed by atoms with van der Waals surface area (Å²) in [5.41, 5.74) is -3.89. The van der Waals surface area contributed by atoms with Gasteiger partial charge in [0.05, 0.1) is 17.4 Å². The average molecular weight is 759 g/mol. The van der Waals surface area contributed by atoms with Crippen molar-refractivity contribution >= 4 is 41.6 Å². The maximum absolute atomic E-state index is 14.5. The zero-order valence-electron chi connectivity index (χ0n) is 32.2. The number of carbonyl (C=O) groups excluding carboxylic acids is 7. The van der Waals surface area contributed by atoms with E-state index in [9.17, 15) is 38.7 Å². The quantitative estimate of drug-likeness (QED) is 0.240. The minimum atomic E-state index is -2.70. The second-order valence-corrected chi connectivity index (χ2v) is 15.1. The first-order chi connectivity index (χ1) is 25.0. The van der Waals surface area contributed by atoms with Gasteiger partial charge in [0.2, 0.25) is 5.79 Å². The number of rotatable bonds is 7. The van der Waals surface area contributed by atoms with Crippen LogP contribution in [0.5, 0.6) is 0 Å². The molecule has 1 aromatic rings. The summed E-state index contributed by atoms with van der Waals surface area (Å²) in [6.07, 6.45) is -9.67. The third kappa shape index (κ3) is 7.65. The number of hydrogen-bond donors (Lipinski definition) is 1. The van der Waals surface area contributed by atoms with Gasteiger partial charge in [-0.3, -0.25) is 28.8 Å². The Morgan fingerprint density at radius 2 is 1.30 bits per heavy atom. The standard InChI is InChI=1S/C39H50O15/c1-18-17-38(53-26(9)44)28(30(18)48-22(5)40)31(52-36(46)27-15-13-12-14-16-27)19(2)20(3)32(49-23(6)41)33(50-24(7)42)35(51-25(8)43)37(10,11)34-29(45)21(4)39(38,47)54-34/h12-16,18-19,21,28,30-35,47H,3,17H2,1-2,4-11H3/t18-,19-,21+,28?,30-,31+,32-,33+,34-,35+,38+,39-/m0/s1. The third-order valence-electron chi connectivity index (χ3n) is 10.8. The van der Waals surface area contributed by atoms with E-state index in [2.05, 4.69) is 6.58 Å². The number of benzene rings is 1. The summed E-state index contributed by atoms with van der Waals surface area (Å²) in [6, 6.07) is 7.85. The summed E-state index contributed by atoms with van der Waals surface area (Å²) in [5, 5.41) is 13.0.